The van der Waals surface area contributed by atoms with Gasteiger partial charge in [0.1, 0.15) is 0 Å². The van der Waals surface area contributed by atoms with Gasteiger partial charge in [-0.15, -0.1) is 0 Å². The van der Waals surface area contributed by atoms with Gasteiger partial charge in [-0.3, -0.25) is 0 Å². The Hall–Kier alpha value is -1.53. The van der Waals surface area contributed by atoms with Crippen LogP contribution in [0.2, 0.25) is 0 Å². The highest BCUT2D eigenvalue weighted by atomic mass is 15.2. The summed E-state index contributed by atoms with van der Waals surface area (Å²) in [6.45, 7) is 5.31. The molecular weight excluding hydrogens is 186 g/mol. The van der Waals surface area contributed by atoms with E-state index in [1.54, 1.807) is 0 Å². The SMILES string of the molecule is CC1CNCCN1c1ccc(C#N)cc1. The predicted octanol–water partition coefficient (Wildman–Crippen LogP) is 1.36. The van der Waals surface area contributed by atoms with E-state index in [0.717, 1.165) is 25.2 Å². The zero-order valence-corrected chi connectivity index (χ0v) is 8.90. The minimum Gasteiger partial charge on any atom is -0.366 e. The molecule has 1 atom stereocenters. The number of nitriles is 1. The average Bonchev–Trinajstić information content (AvgIpc) is 2.30. The number of nitrogens with one attached hydrogen (secondary N) is 1. The Balaban J connectivity index is 2.18. The second kappa shape index (κ2) is 4.33. The second-order valence-corrected chi connectivity index (χ2v) is 3.91. The Kier molecular flexibility index (Phi) is 2.89. The van der Waals surface area contributed by atoms with Crippen LogP contribution in [0, 0.1) is 11.3 Å². The number of anilines is 1. The molecule has 15 heavy (non-hydrogen) atoms. The van der Waals surface area contributed by atoms with E-state index in [1.165, 1.54) is 5.69 Å². The molecule has 1 aromatic carbocycles. The molecule has 0 saturated carbocycles. The molecule has 1 fully saturated rings. The third-order valence-corrected chi connectivity index (χ3v) is 2.83. The normalized spacial score (nSPS) is 21.1. The molecule has 2 rings (SSSR count). The summed E-state index contributed by atoms with van der Waals surface area (Å²) < 4.78 is 0. The van der Waals surface area contributed by atoms with Gasteiger partial charge in [0.15, 0.2) is 0 Å². The molecule has 1 unspecified atom stereocenters. The van der Waals surface area contributed by atoms with Crippen LogP contribution in [0.25, 0.3) is 0 Å². The van der Waals surface area contributed by atoms with Gasteiger partial charge in [-0.05, 0) is 31.2 Å². The molecule has 3 nitrogen and oxygen atoms in total. The summed E-state index contributed by atoms with van der Waals surface area (Å²) in [5.41, 5.74) is 1.93. The number of piperazine rings is 1. The van der Waals surface area contributed by atoms with E-state index in [1.807, 2.05) is 24.3 Å². The highest BCUT2D eigenvalue weighted by Crippen LogP contribution is 2.18. The van der Waals surface area contributed by atoms with Gasteiger partial charge in [0.25, 0.3) is 0 Å². The van der Waals surface area contributed by atoms with Crippen LogP contribution in [0.3, 0.4) is 0 Å². The Morgan fingerprint density at radius 2 is 2.13 bits per heavy atom. The maximum Gasteiger partial charge on any atom is 0.0991 e. The smallest absolute Gasteiger partial charge is 0.0991 e. The van der Waals surface area contributed by atoms with E-state index >= 15 is 0 Å². The van der Waals surface area contributed by atoms with Crippen LogP contribution in [-0.2, 0) is 0 Å². The molecule has 1 saturated heterocycles. The maximum atomic E-state index is 8.72. The van der Waals surface area contributed by atoms with Gasteiger partial charge in [0.05, 0.1) is 11.6 Å². The Morgan fingerprint density at radius 1 is 1.40 bits per heavy atom. The van der Waals surface area contributed by atoms with Crippen molar-refractivity contribution in [3.63, 3.8) is 0 Å². The summed E-state index contributed by atoms with van der Waals surface area (Å²) in [4.78, 5) is 2.37. The summed E-state index contributed by atoms with van der Waals surface area (Å²) in [6, 6.07) is 10.5. The first-order valence-corrected chi connectivity index (χ1v) is 5.29. The molecule has 78 valence electrons. The van der Waals surface area contributed by atoms with Gasteiger partial charge >= 0.3 is 0 Å². The maximum absolute atomic E-state index is 8.72. The molecule has 3 heteroatoms. The number of hydrogen-bond donors (Lipinski definition) is 1. The fourth-order valence-electron chi connectivity index (χ4n) is 1.95. The van der Waals surface area contributed by atoms with Gasteiger partial charge in [-0.1, -0.05) is 0 Å². The minimum absolute atomic E-state index is 0.520. The molecule has 1 aliphatic rings. The van der Waals surface area contributed by atoms with E-state index in [-0.39, 0.29) is 0 Å². The second-order valence-electron chi connectivity index (χ2n) is 3.91. The van der Waals surface area contributed by atoms with Gasteiger partial charge in [0.2, 0.25) is 0 Å². The molecular formula is C12H15N3. The molecule has 1 aliphatic heterocycles. The van der Waals surface area contributed by atoms with E-state index < -0.39 is 0 Å². The summed E-state index contributed by atoms with van der Waals surface area (Å²) in [5, 5.41) is 12.1. The van der Waals surface area contributed by atoms with Crippen molar-refractivity contribution in [1.82, 2.24) is 5.32 Å². The molecule has 0 aromatic heterocycles. The highest BCUT2D eigenvalue weighted by molar-refractivity contribution is 5.50. The van der Waals surface area contributed by atoms with Crippen molar-refractivity contribution >= 4 is 5.69 Å². The van der Waals surface area contributed by atoms with Gasteiger partial charge in [-0.2, -0.15) is 5.26 Å². The zero-order valence-electron chi connectivity index (χ0n) is 8.90. The summed E-state index contributed by atoms with van der Waals surface area (Å²) in [7, 11) is 0. The van der Waals surface area contributed by atoms with Crippen molar-refractivity contribution < 1.29 is 0 Å². The van der Waals surface area contributed by atoms with Crippen LogP contribution >= 0.6 is 0 Å². The number of nitrogens with zero attached hydrogens (tertiary/aromatic N) is 2. The van der Waals surface area contributed by atoms with Crippen LogP contribution in [0.5, 0.6) is 0 Å². The largest absolute Gasteiger partial charge is 0.366 e. The van der Waals surface area contributed by atoms with Crippen molar-refractivity contribution in [2.45, 2.75) is 13.0 Å². The molecule has 1 aromatic rings. The van der Waals surface area contributed by atoms with E-state index in [2.05, 4.69) is 23.2 Å². The van der Waals surface area contributed by atoms with Crippen LogP contribution in [-0.4, -0.2) is 25.7 Å². The van der Waals surface area contributed by atoms with Crippen molar-refractivity contribution in [2.75, 3.05) is 24.5 Å². The fraction of sp³-hybridized carbons (Fsp3) is 0.417. The van der Waals surface area contributed by atoms with E-state index in [9.17, 15) is 0 Å². The van der Waals surface area contributed by atoms with Crippen LogP contribution in [0.15, 0.2) is 24.3 Å². The van der Waals surface area contributed by atoms with Crippen LogP contribution in [0.1, 0.15) is 12.5 Å². The Morgan fingerprint density at radius 3 is 2.73 bits per heavy atom. The van der Waals surface area contributed by atoms with E-state index in [0.29, 0.717) is 6.04 Å². The number of rotatable bonds is 1. The molecule has 1 N–H and O–H groups in total. The lowest BCUT2D eigenvalue weighted by Gasteiger charge is -2.35. The van der Waals surface area contributed by atoms with Crippen molar-refractivity contribution in [3.05, 3.63) is 29.8 Å². The molecule has 1 heterocycles. The number of hydrogen-bond acceptors (Lipinski definition) is 3. The lowest BCUT2D eigenvalue weighted by molar-refractivity contribution is 0.501. The van der Waals surface area contributed by atoms with E-state index in [4.69, 9.17) is 5.26 Å². The molecule has 0 spiro atoms. The standard InChI is InChI=1S/C12H15N3/c1-10-9-14-6-7-15(10)12-4-2-11(8-13)3-5-12/h2-5,10,14H,6-7,9H2,1H3. The first kappa shape index (κ1) is 10.0. The lowest BCUT2D eigenvalue weighted by atomic mass is 10.1. The predicted molar refractivity (Wildman–Crippen MR) is 60.8 cm³/mol. The highest BCUT2D eigenvalue weighted by Gasteiger charge is 2.17. The van der Waals surface area contributed by atoms with Crippen molar-refractivity contribution in [1.29, 1.82) is 5.26 Å². The summed E-state index contributed by atoms with van der Waals surface area (Å²) >= 11 is 0. The minimum atomic E-state index is 0.520. The number of benzene rings is 1. The molecule has 0 amide bonds. The summed E-state index contributed by atoms with van der Waals surface area (Å²) in [5.74, 6) is 0. The zero-order chi connectivity index (χ0) is 10.7. The first-order chi connectivity index (χ1) is 7.31. The van der Waals surface area contributed by atoms with Crippen molar-refractivity contribution in [3.8, 4) is 6.07 Å². The molecule has 0 radical (unpaired) electrons. The first-order valence-electron chi connectivity index (χ1n) is 5.29. The van der Waals surface area contributed by atoms with Crippen LogP contribution < -0.4 is 10.2 Å². The lowest BCUT2D eigenvalue weighted by Crippen LogP contribution is -2.49. The molecule has 0 aliphatic carbocycles. The third kappa shape index (κ3) is 2.11. The van der Waals surface area contributed by atoms with Crippen LogP contribution in [0.4, 0.5) is 5.69 Å². The van der Waals surface area contributed by atoms with Gasteiger partial charge < -0.3 is 10.2 Å². The average molecular weight is 201 g/mol. The fourth-order valence-corrected chi connectivity index (χ4v) is 1.95. The quantitative estimate of drug-likeness (QED) is 0.745. The molecule has 0 bridgehead atoms. The summed E-state index contributed by atoms with van der Waals surface area (Å²) in [6.07, 6.45) is 0. The van der Waals surface area contributed by atoms with Gasteiger partial charge in [0, 0.05) is 31.4 Å². The third-order valence-electron chi connectivity index (χ3n) is 2.83. The monoisotopic (exact) mass is 201 g/mol. The Bertz CT molecular complexity index is 363. The Labute approximate surface area is 90.3 Å². The van der Waals surface area contributed by atoms with Gasteiger partial charge in [-0.25, -0.2) is 0 Å². The topological polar surface area (TPSA) is 39.1 Å². The van der Waals surface area contributed by atoms with Crippen molar-refractivity contribution in [2.24, 2.45) is 0 Å².